The van der Waals surface area contributed by atoms with Crippen molar-refractivity contribution in [3.8, 4) is 0 Å². The smallest absolute Gasteiger partial charge is 0.0525 e. The van der Waals surface area contributed by atoms with E-state index in [0.717, 1.165) is 19.5 Å². The van der Waals surface area contributed by atoms with Gasteiger partial charge in [-0.3, -0.25) is 0 Å². The first kappa shape index (κ1) is 14.1. The van der Waals surface area contributed by atoms with Gasteiger partial charge in [-0.1, -0.05) is 6.07 Å². The van der Waals surface area contributed by atoms with E-state index in [1.54, 1.807) is 4.88 Å². The van der Waals surface area contributed by atoms with Crippen LogP contribution in [0.15, 0.2) is 34.1 Å². The highest BCUT2D eigenvalue weighted by Gasteiger charge is 2.25. The topological polar surface area (TPSA) is 15.3 Å². The van der Waals surface area contributed by atoms with Crippen molar-refractivity contribution in [2.75, 3.05) is 18.5 Å². The van der Waals surface area contributed by atoms with E-state index in [0.29, 0.717) is 6.04 Å². The molecule has 4 heteroatoms. The Bertz CT molecular complexity index is 608. The summed E-state index contributed by atoms with van der Waals surface area (Å²) in [4.78, 5) is 4.05. The molecule has 1 aliphatic heterocycles. The van der Waals surface area contributed by atoms with Gasteiger partial charge in [-0.25, -0.2) is 0 Å². The van der Waals surface area contributed by atoms with Crippen LogP contribution in [0.4, 0.5) is 5.69 Å². The van der Waals surface area contributed by atoms with E-state index >= 15 is 0 Å². The first-order valence-electron chi connectivity index (χ1n) is 6.96. The minimum absolute atomic E-state index is 0.455. The van der Waals surface area contributed by atoms with Crippen molar-refractivity contribution in [1.82, 2.24) is 5.32 Å². The van der Waals surface area contributed by atoms with Gasteiger partial charge in [0, 0.05) is 22.4 Å². The van der Waals surface area contributed by atoms with Crippen LogP contribution >= 0.6 is 27.3 Å². The summed E-state index contributed by atoms with van der Waals surface area (Å²) < 4.78 is 1.19. The lowest BCUT2D eigenvalue weighted by Gasteiger charge is -2.36. The summed E-state index contributed by atoms with van der Waals surface area (Å²) in [6, 6.07) is 9.41. The molecule has 0 saturated carbocycles. The Hall–Kier alpha value is -0.840. The van der Waals surface area contributed by atoms with E-state index in [1.165, 1.54) is 21.3 Å². The standard InChI is InChI=1S/C16H19BrN2S/c1-11-13-6-8-20-16(13)5-7-19(11)15-4-3-12(10-18-2)9-14(15)17/h3-4,6,8-9,11,18H,5,7,10H2,1-2H3. The molecular formula is C16H19BrN2S. The first-order chi connectivity index (χ1) is 9.70. The predicted octanol–water partition coefficient (Wildman–Crippen LogP) is 4.35. The highest BCUT2D eigenvalue weighted by Crippen LogP contribution is 2.39. The van der Waals surface area contributed by atoms with Crippen LogP contribution in [0.2, 0.25) is 0 Å². The molecule has 0 radical (unpaired) electrons. The number of nitrogens with zero attached hydrogens (tertiary/aromatic N) is 1. The van der Waals surface area contributed by atoms with Crippen molar-refractivity contribution in [3.05, 3.63) is 50.1 Å². The molecule has 106 valence electrons. The van der Waals surface area contributed by atoms with E-state index in [9.17, 15) is 0 Å². The van der Waals surface area contributed by atoms with Crippen molar-refractivity contribution in [2.24, 2.45) is 0 Å². The Morgan fingerprint density at radius 3 is 3.00 bits per heavy atom. The number of nitrogens with one attached hydrogen (secondary N) is 1. The molecule has 0 amide bonds. The summed E-state index contributed by atoms with van der Waals surface area (Å²) in [5, 5.41) is 5.41. The lowest BCUT2D eigenvalue weighted by Crippen LogP contribution is -2.33. The summed E-state index contributed by atoms with van der Waals surface area (Å²) in [6.45, 7) is 4.31. The highest BCUT2D eigenvalue weighted by molar-refractivity contribution is 9.10. The Labute approximate surface area is 132 Å². The van der Waals surface area contributed by atoms with Gasteiger partial charge in [0.2, 0.25) is 0 Å². The van der Waals surface area contributed by atoms with E-state index < -0.39 is 0 Å². The fourth-order valence-corrected chi connectivity index (χ4v) is 4.55. The second-order valence-corrected chi connectivity index (χ2v) is 7.09. The fourth-order valence-electron chi connectivity index (χ4n) is 2.94. The molecule has 0 bridgehead atoms. The van der Waals surface area contributed by atoms with Gasteiger partial charge < -0.3 is 10.2 Å². The minimum atomic E-state index is 0.455. The van der Waals surface area contributed by atoms with Gasteiger partial charge in [0.15, 0.2) is 0 Å². The zero-order chi connectivity index (χ0) is 14.1. The number of hydrogen-bond acceptors (Lipinski definition) is 3. The Morgan fingerprint density at radius 1 is 1.40 bits per heavy atom. The van der Waals surface area contributed by atoms with Crippen molar-refractivity contribution < 1.29 is 0 Å². The largest absolute Gasteiger partial charge is 0.363 e. The molecular weight excluding hydrogens is 332 g/mol. The molecule has 2 nitrogen and oxygen atoms in total. The molecule has 1 aliphatic rings. The van der Waals surface area contributed by atoms with Crippen LogP contribution in [0.5, 0.6) is 0 Å². The van der Waals surface area contributed by atoms with Gasteiger partial charge in [0.05, 0.1) is 11.7 Å². The molecule has 0 aliphatic carbocycles. The Morgan fingerprint density at radius 2 is 2.25 bits per heavy atom. The molecule has 1 atom stereocenters. The van der Waals surface area contributed by atoms with E-state index in [4.69, 9.17) is 0 Å². The third kappa shape index (κ3) is 2.52. The first-order valence-corrected chi connectivity index (χ1v) is 8.64. The molecule has 0 saturated heterocycles. The van der Waals surface area contributed by atoms with Crippen LogP contribution < -0.4 is 10.2 Å². The van der Waals surface area contributed by atoms with Gasteiger partial charge in [-0.05, 0) is 71.0 Å². The molecule has 1 N–H and O–H groups in total. The third-order valence-corrected chi connectivity index (χ3v) is 5.61. The van der Waals surface area contributed by atoms with Crippen LogP contribution in [0.1, 0.15) is 29.0 Å². The maximum Gasteiger partial charge on any atom is 0.0525 e. The summed E-state index contributed by atoms with van der Waals surface area (Å²) in [5.41, 5.74) is 4.10. The van der Waals surface area contributed by atoms with Crippen molar-refractivity contribution in [3.63, 3.8) is 0 Å². The third-order valence-electron chi connectivity index (χ3n) is 3.98. The summed E-state index contributed by atoms with van der Waals surface area (Å²) in [5.74, 6) is 0. The number of thiophene rings is 1. The van der Waals surface area contributed by atoms with Gasteiger partial charge in [0.1, 0.15) is 0 Å². The van der Waals surface area contributed by atoms with Crippen molar-refractivity contribution in [1.29, 1.82) is 0 Å². The van der Waals surface area contributed by atoms with E-state index in [-0.39, 0.29) is 0 Å². The molecule has 2 heterocycles. The maximum atomic E-state index is 3.74. The molecule has 1 aromatic heterocycles. The van der Waals surface area contributed by atoms with Crippen LogP contribution in [-0.2, 0) is 13.0 Å². The molecule has 3 rings (SSSR count). The average Bonchev–Trinajstić information content (AvgIpc) is 2.90. The molecule has 2 aromatic rings. The second kappa shape index (κ2) is 5.88. The van der Waals surface area contributed by atoms with E-state index in [1.807, 2.05) is 18.4 Å². The number of rotatable bonds is 3. The summed E-state index contributed by atoms with van der Waals surface area (Å²) in [6.07, 6.45) is 1.15. The number of benzene rings is 1. The fraction of sp³-hybridized carbons (Fsp3) is 0.375. The van der Waals surface area contributed by atoms with Gasteiger partial charge in [0.25, 0.3) is 0 Å². The highest BCUT2D eigenvalue weighted by atomic mass is 79.9. The Balaban J connectivity index is 1.90. The predicted molar refractivity (Wildman–Crippen MR) is 90.7 cm³/mol. The zero-order valence-electron chi connectivity index (χ0n) is 11.8. The molecule has 0 fully saturated rings. The molecule has 0 spiro atoms. The minimum Gasteiger partial charge on any atom is -0.363 e. The SMILES string of the molecule is CNCc1ccc(N2CCc3sccc3C2C)c(Br)c1. The zero-order valence-corrected chi connectivity index (χ0v) is 14.2. The number of halogens is 1. The summed E-state index contributed by atoms with van der Waals surface area (Å²) in [7, 11) is 1.98. The lowest BCUT2D eigenvalue weighted by molar-refractivity contribution is 0.631. The maximum absolute atomic E-state index is 3.74. The summed E-state index contributed by atoms with van der Waals surface area (Å²) >= 11 is 5.64. The van der Waals surface area contributed by atoms with Crippen LogP contribution in [0, 0.1) is 0 Å². The normalized spacial score (nSPS) is 18.1. The number of anilines is 1. The number of hydrogen-bond donors (Lipinski definition) is 1. The lowest BCUT2D eigenvalue weighted by atomic mass is 10.0. The second-order valence-electron chi connectivity index (χ2n) is 5.23. The van der Waals surface area contributed by atoms with Crippen LogP contribution in [0.25, 0.3) is 0 Å². The van der Waals surface area contributed by atoms with Crippen molar-refractivity contribution in [2.45, 2.75) is 25.9 Å². The molecule has 20 heavy (non-hydrogen) atoms. The molecule has 1 unspecified atom stereocenters. The average molecular weight is 351 g/mol. The quantitative estimate of drug-likeness (QED) is 0.884. The van der Waals surface area contributed by atoms with Crippen molar-refractivity contribution >= 4 is 33.0 Å². The monoisotopic (exact) mass is 350 g/mol. The van der Waals surface area contributed by atoms with Crippen LogP contribution in [0.3, 0.4) is 0 Å². The Kier molecular flexibility index (Phi) is 4.15. The molecule has 1 aromatic carbocycles. The van der Waals surface area contributed by atoms with Gasteiger partial charge in [-0.15, -0.1) is 11.3 Å². The van der Waals surface area contributed by atoms with E-state index in [2.05, 4.69) is 62.7 Å². The number of fused-ring (bicyclic) bond motifs is 1. The van der Waals surface area contributed by atoms with Gasteiger partial charge >= 0.3 is 0 Å². The van der Waals surface area contributed by atoms with Crippen LogP contribution in [-0.4, -0.2) is 13.6 Å². The van der Waals surface area contributed by atoms with Gasteiger partial charge in [-0.2, -0.15) is 0 Å².